The molecule has 0 aromatic rings. The molecule has 0 radical (unpaired) electrons. The molecule has 1 fully saturated rings. The zero-order chi connectivity index (χ0) is 11.3. The van der Waals surface area contributed by atoms with Gasteiger partial charge in [-0.25, -0.2) is 0 Å². The zero-order valence-electron chi connectivity index (χ0n) is 9.75. The first-order valence-electron chi connectivity index (χ1n) is 5.43. The van der Waals surface area contributed by atoms with Crippen LogP contribution in [0.15, 0.2) is 0 Å². The summed E-state index contributed by atoms with van der Waals surface area (Å²) in [6.45, 7) is 7.24. The summed E-state index contributed by atoms with van der Waals surface area (Å²) >= 11 is 0. The second kappa shape index (κ2) is 5.47. The highest BCUT2D eigenvalue weighted by atomic mass is 16.7. The highest BCUT2D eigenvalue weighted by Crippen LogP contribution is 2.26. The first kappa shape index (κ1) is 12.5. The van der Waals surface area contributed by atoms with Gasteiger partial charge in [-0.05, 0) is 20.3 Å². The lowest BCUT2D eigenvalue weighted by Gasteiger charge is -2.37. The molecular formula is C11H20O4. The number of esters is 1. The Hall–Kier alpha value is -0.610. The fourth-order valence-corrected chi connectivity index (χ4v) is 1.42. The van der Waals surface area contributed by atoms with E-state index in [-0.39, 0.29) is 17.5 Å². The van der Waals surface area contributed by atoms with E-state index in [0.717, 1.165) is 6.42 Å². The van der Waals surface area contributed by atoms with Gasteiger partial charge in [0.2, 0.25) is 0 Å². The van der Waals surface area contributed by atoms with Crippen molar-refractivity contribution in [3.8, 4) is 0 Å². The van der Waals surface area contributed by atoms with Crippen LogP contribution in [0.25, 0.3) is 0 Å². The Kier molecular flexibility index (Phi) is 4.54. The highest BCUT2D eigenvalue weighted by Gasteiger charge is 2.34. The zero-order valence-corrected chi connectivity index (χ0v) is 9.75. The molecule has 4 heteroatoms. The van der Waals surface area contributed by atoms with Gasteiger partial charge in [0.1, 0.15) is 6.79 Å². The fraction of sp³-hybridized carbons (Fsp3) is 0.909. The van der Waals surface area contributed by atoms with E-state index < -0.39 is 0 Å². The lowest BCUT2D eigenvalue weighted by Crippen LogP contribution is -2.45. The molecule has 0 aromatic carbocycles. The maximum Gasteiger partial charge on any atom is 0.305 e. The van der Waals surface area contributed by atoms with Crippen LogP contribution in [0.1, 0.15) is 33.6 Å². The number of hydrogen-bond donors (Lipinski definition) is 0. The second-order valence-electron chi connectivity index (χ2n) is 4.37. The van der Waals surface area contributed by atoms with Gasteiger partial charge in [-0.3, -0.25) is 4.79 Å². The Labute approximate surface area is 90.9 Å². The van der Waals surface area contributed by atoms with E-state index in [1.54, 1.807) is 0 Å². The van der Waals surface area contributed by atoms with Crippen molar-refractivity contribution >= 4 is 5.97 Å². The molecule has 88 valence electrons. The highest BCUT2D eigenvalue weighted by molar-refractivity contribution is 5.69. The van der Waals surface area contributed by atoms with Crippen LogP contribution in [-0.4, -0.2) is 31.6 Å². The first-order valence-corrected chi connectivity index (χ1v) is 5.43. The van der Waals surface area contributed by atoms with Crippen molar-refractivity contribution < 1.29 is 19.0 Å². The maximum absolute atomic E-state index is 11.2. The summed E-state index contributed by atoms with van der Waals surface area (Å²) in [5, 5.41) is 0. The van der Waals surface area contributed by atoms with Crippen LogP contribution in [0.3, 0.4) is 0 Å². The summed E-state index contributed by atoms with van der Waals surface area (Å²) in [4.78, 5) is 11.2. The van der Waals surface area contributed by atoms with Crippen LogP contribution >= 0.6 is 0 Å². The van der Waals surface area contributed by atoms with Crippen LogP contribution < -0.4 is 0 Å². The van der Waals surface area contributed by atoms with Crippen LogP contribution in [0.4, 0.5) is 0 Å². The van der Waals surface area contributed by atoms with Crippen molar-refractivity contribution in [2.45, 2.75) is 39.2 Å². The molecule has 0 saturated carbocycles. The van der Waals surface area contributed by atoms with E-state index >= 15 is 0 Å². The molecule has 4 nitrogen and oxygen atoms in total. The minimum absolute atomic E-state index is 0.118. The van der Waals surface area contributed by atoms with Crippen LogP contribution in [0.2, 0.25) is 0 Å². The van der Waals surface area contributed by atoms with Gasteiger partial charge < -0.3 is 14.2 Å². The average molecular weight is 216 g/mol. The third-order valence-electron chi connectivity index (χ3n) is 2.72. The van der Waals surface area contributed by atoms with E-state index in [1.807, 2.05) is 20.8 Å². The quantitative estimate of drug-likeness (QED) is 0.671. The predicted molar refractivity (Wildman–Crippen MR) is 55.3 cm³/mol. The molecule has 0 unspecified atom stereocenters. The van der Waals surface area contributed by atoms with Crippen molar-refractivity contribution in [2.75, 3.05) is 20.0 Å². The van der Waals surface area contributed by atoms with Crippen molar-refractivity contribution in [2.24, 2.45) is 5.92 Å². The molecule has 1 saturated heterocycles. The van der Waals surface area contributed by atoms with Gasteiger partial charge in [-0.1, -0.05) is 6.92 Å². The van der Waals surface area contributed by atoms with Crippen molar-refractivity contribution in [3.63, 3.8) is 0 Å². The molecule has 0 N–H and O–H groups in total. The van der Waals surface area contributed by atoms with Crippen LogP contribution in [-0.2, 0) is 19.0 Å². The monoisotopic (exact) mass is 216 g/mol. The maximum atomic E-state index is 11.2. The topological polar surface area (TPSA) is 44.8 Å². The molecule has 0 aliphatic carbocycles. The fourth-order valence-electron chi connectivity index (χ4n) is 1.42. The van der Waals surface area contributed by atoms with Crippen molar-refractivity contribution in [1.29, 1.82) is 0 Å². The van der Waals surface area contributed by atoms with E-state index in [9.17, 15) is 4.79 Å². The van der Waals surface area contributed by atoms with Gasteiger partial charge in [0, 0.05) is 12.3 Å². The number of carbonyl (C=O) groups excluding carboxylic acids is 1. The Bertz CT molecular complexity index is 213. The third kappa shape index (κ3) is 3.80. The molecule has 0 spiro atoms. The number of rotatable bonds is 4. The van der Waals surface area contributed by atoms with Gasteiger partial charge in [-0.15, -0.1) is 0 Å². The summed E-state index contributed by atoms with van der Waals surface area (Å²) in [7, 11) is 0. The molecule has 0 bridgehead atoms. The molecule has 0 amide bonds. The predicted octanol–water partition coefficient (Wildman–Crippen LogP) is 1.73. The Morgan fingerprint density at radius 2 is 2.27 bits per heavy atom. The Morgan fingerprint density at radius 3 is 2.87 bits per heavy atom. The summed E-state index contributed by atoms with van der Waals surface area (Å²) in [6, 6.07) is 0. The molecule has 0 aromatic heterocycles. The van der Waals surface area contributed by atoms with Crippen molar-refractivity contribution in [3.05, 3.63) is 0 Å². The molecule has 1 heterocycles. The minimum Gasteiger partial charge on any atom is -0.465 e. The SMILES string of the molecule is CCCC(=O)OC[C@@H]1COCOC1(C)C. The summed E-state index contributed by atoms with van der Waals surface area (Å²) in [6.07, 6.45) is 1.30. The van der Waals surface area contributed by atoms with Gasteiger partial charge in [0.25, 0.3) is 0 Å². The van der Waals surface area contributed by atoms with E-state index in [1.165, 1.54) is 0 Å². The lowest BCUT2D eigenvalue weighted by atomic mass is 9.91. The van der Waals surface area contributed by atoms with Crippen molar-refractivity contribution in [1.82, 2.24) is 0 Å². The van der Waals surface area contributed by atoms with Gasteiger partial charge in [0.05, 0.1) is 18.8 Å². The van der Waals surface area contributed by atoms with Gasteiger partial charge in [0.15, 0.2) is 0 Å². The average Bonchev–Trinajstić information content (AvgIpc) is 2.16. The summed E-state index contributed by atoms with van der Waals surface area (Å²) in [5.74, 6) is -0.0223. The second-order valence-corrected chi connectivity index (χ2v) is 4.37. The molecule has 15 heavy (non-hydrogen) atoms. The first-order chi connectivity index (χ1) is 7.06. The normalized spacial score (nSPS) is 24.9. The van der Waals surface area contributed by atoms with Crippen LogP contribution in [0.5, 0.6) is 0 Å². The standard InChI is InChI=1S/C11H20O4/c1-4-5-10(12)14-7-9-6-13-8-15-11(9,2)3/h9H,4-8H2,1-3H3/t9-/m0/s1. The molecule has 1 aliphatic rings. The van der Waals surface area contributed by atoms with E-state index in [2.05, 4.69) is 0 Å². The number of hydrogen-bond acceptors (Lipinski definition) is 4. The molecule has 1 atom stereocenters. The summed E-state index contributed by atoms with van der Waals surface area (Å²) < 4.78 is 15.8. The molecular weight excluding hydrogens is 196 g/mol. The molecule has 1 aliphatic heterocycles. The van der Waals surface area contributed by atoms with Gasteiger partial charge in [-0.2, -0.15) is 0 Å². The third-order valence-corrected chi connectivity index (χ3v) is 2.72. The number of ether oxygens (including phenoxy) is 3. The Morgan fingerprint density at radius 1 is 1.53 bits per heavy atom. The van der Waals surface area contributed by atoms with Gasteiger partial charge >= 0.3 is 5.97 Å². The number of carbonyl (C=O) groups is 1. The molecule has 1 rings (SSSR count). The van der Waals surface area contributed by atoms with E-state index in [4.69, 9.17) is 14.2 Å². The summed E-state index contributed by atoms with van der Waals surface area (Å²) in [5.41, 5.74) is -0.273. The Balaban J connectivity index is 2.33. The van der Waals surface area contributed by atoms with Crippen LogP contribution in [0, 0.1) is 5.92 Å². The lowest BCUT2D eigenvalue weighted by molar-refractivity contribution is -0.220. The smallest absolute Gasteiger partial charge is 0.305 e. The van der Waals surface area contributed by atoms with E-state index in [0.29, 0.717) is 26.4 Å². The largest absolute Gasteiger partial charge is 0.465 e. The minimum atomic E-state index is -0.273.